The summed E-state index contributed by atoms with van der Waals surface area (Å²) in [6, 6.07) is 7.91. The largest absolute Gasteiger partial charge is 0.496 e. The molecule has 0 atom stereocenters. The van der Waals surface area contributed by atoms with Crippen molar-refractivity contribution < 1.29 is 14.3 Å². The summed E-state index contributed by atoms with van der Waals surface area (Å²) in [7, 11) is 1.67. The van der Waals surface area contributed by atoms with Gasteiger partial charge in [-0.1, -0.05) is 18.2 Å². The first-order valence-corrected chi connectivity index (χ1v) is 10.4. The lowest BCUT2D eigenvalue weighted by atomic mass is 9.80. The van der Waals surface area contributed by atoms with Gasteiger partial charge in [-0.25, -0.2) is 0 Å². The molecule has 0 bridgehead atoms. The van der Waals surface area contributed by atoms with Crippen molar-refractivity contribution in [1.82, 2.24) is 10.2 Å². The fourth-order valence-electron chi connectivity index (χ4n) is 4.35. The number of likely N-dealkylation sites (tertiary alicyclic amines) is 1. The minimum absolute atomic E-state index is 0.0491. The van der Waals surface area contributed by atoms with Crippen LogP contribution in [0.15, 0.2) is 24.3 Å². The van der Waals surface area contributed by atoms with Crippen LogP contribution in [0.3, 0.4) is 0 Å². The van der Waals surface area contributed by atoms with E-state index in [1.54, 1.807) is 7.11 Å². The van der Waals surface area contributed by atoms with Crippen LogP contribution in [0.5, 0.6) is 5.75 Å². The number of nitrogens with zero attached hydrogens (tertiary/aromatic N) is 1. The molecule has 1 aromatic carbocycles. The van der Waals surface area contributed by atoms with Crippen LogP contribution < -0.4 is 10.1 Å². The number of ether oxygens (including phenoxy) is 1. The lowest BCUT2D eigenvalue weighted by Crippen LogP contribution is -2.42. The van der Waals surface area contributed by atoms with Gasteiger partial charge in [-0.15, -0.1) is 0 Å². The van der Waals surface area contributed by atoms with Crippen LogP contribution in [0.1, 0.15) is 50.5 Å². The fraction of sp³-hybridized carbons (Fsp3) is 0.636. The second kappa shape index (κ2) is 9.77. The minimum atomic E-state index is 0.0491. The van der Waals surface area contributed by atoms with E-state index in [1.165, 1.54) is 6.42 Å². The zero-order valence-corrected chi connectivity index (χ0v) is 16.4. The molecule has 2 aliphatic rings. The molecule has 1 aromatic rings. The third kappa shape index (κ3) is 5.24. The van der Waals surface area contributed by atoms with Crippen molar-refractivity contribution in [3.05, 3.63) is 29.8 Å². The average Bonchev–Trinajstić information content (AvgIpc) is 2.74. The van der Waals surface area contributed by atoms with Gasteiger partial charge in [0.1, 0.15) is 5.75 Å². The van der Waals surface area contributed by atoms with Crippen molar-refractivity contribution in [3.8, 4) is 5.75 Å². The molecule has 148 valence electrons. The molecule has 0 unspecified atom stereocenters. The van der Waals surface area contributed by atoms with Gasteiger partial charge in [-0.05, 0) is 63.0 Å². The van der Waals surface area contributed by atoms with Gasteiger partial charge in [-0.3, -0.25) is 9.59 Å². The van der Waals surface area contributed by atoms with E-state index in [2.05, 4.69) is 5.32 Å². The Balaban J connectivity index is 1.40. The molecule has 1 aliphatic carbocycles. The number of nitrogens with one attached hydrogen (secondary N) is 1. The van der Waals surface area contributed by atoms with Gasteiger partial charge >= 0.3 is 0 Å². The van der Waals surface area contributed by atoms with Crippen molar-refractivity contribution in [1.29, 1.82) is 0 Å². The second-order valence-corrected chi connectivity index (χ2v) is 7.79. The van der Waals surface area contributed by atoms with E-state index in [0.29, 0.717) is 12.5 Å². The number of rotatable bonds is 6. The van der Waals surface area contributed by atoms with E-state index in [-0.39, 0.29) is 17.7 Å². The standard InChI is InChI=1S/C22H32N2O3/c1-27-20-8-4-3-7-17(20)13-14-23-21(25)18-9-11-19(12-10-18)22(26)24-15-5-2-6-16-24/h3-4,7-8,18-19H,2,5-6,9-16H2,1H3,(H,23,25). The van der Waals surface area contributed by atoms with Gasteiger partial charge in [0.15, 0.2) is 0 Å². The van der Waals surface area contributed by atoms with E-state index < -0.39 is 0 Å². The maximum Gasteiger partial charge on any atom is 0.225 e. The number of piperidine rings is 1. The number of methoxy groups -OCH3 is 1. The summed E-state index contributed by atoms with van der Waals surface area (Å²) < 4.78 is 5.35. The summed E-state index contributed by atoms with van der Waals surface area (Å²) in [6.07, 6.45) is 7.62. The second-order valence-electron chi connectivity index (χ2n) is 7.79. The number of hydrogen-bond acceptors (Lipinski definition) is 3. The molecule has 2 amide bonds. The Labute approximate surface area is 162 Å². The normalized spacial score (nSPS) is 22.9. The molecule has 0 radical (unpaired) electrons. The number of para-hydroxylation sites is 1. The summed E-state index contributed by atoms with van der Waals surface area (Å²) in [4.78, 5) is 27.2. The van der Waals surface area contributed by atoms with Gasteiger partial charge < -0.3 is 15.0 Å². The summed E-state index contributed by atoms with van der Waals surface area (Å²) in [5.41, 5.74) is 1.11. The summed E-state index contributed by atoms with van der Waals surface area (Å²) in [6.45, 7) is 2.45. The molecule has 1 aliphatic heterocycles. The molecule has 0 spiro atoms. The molecule has 0 aromatic heterocycles. The molecule has 5 heteroatoms. The Morgan fingerprint density at radius 1 is 1.04 bits per heavy atom. The van der Waals surface area contributed by atoms with Crippen LogP contribution >= 0.6 is 0 Å². The quantitative estimate of drug-likeness (QED) is 0.834. The highest BCUT2D eigenvalue weighted by atomic mass is 16.5. The number of benzene rings is 1. The van der Waals surface area contributed by atoms with Crippen molar-refractivity contribution in [2.75, 3.05) is 26.7 Å². The van der Waals surface area contributed by atoms with Gasteiger partial charge in [-0.2, -0.15) is 0 Å². The lowest BCUT2D eigenvalue weighted by molar-refractivity contribution is -0.139. The number of amides is 2. The highest BCUT2D eigenvalue weighted by Crippen LogP contribution is 2.31. The van der Waals surface area contributed by atoms with Crippen molar-refractivity contribution in [2.45, 2.75) is 51.4 Å². The predicted octanol–water partition coefficient (Wildman–Crippen LogP) is 3.17. The summed E-state index contributed by atoms with van der Waals surface area (Å²) in [5.74, 6) is 1.50. The van der Waals surface area contributed by atoms with Gasteiger partial charge in [0.25, 0.3) is 0 Å². The Morgan fingerprint density at radius 2 is 1.70 bits per heavy atom. The topological polar surface area (TPSA) is 58.6 Å². The van der Waals surface area contributed by atoms with Crippen LogP contribution in [0.25, 0.3) is 0 Å². The third-order valence-corrected chi connectivity index (χ3v) is 6.00. The van der Waals surface area contributed by atoms with Crippen LogP contribution in [0.2, 0.25) is 0 Å². The molecule has 1 saturated carbocycles. The monoisotopic (exact) mass is 372 g/mol. The highest BCUT2D eigenvalue weighted by Gasteiger charge is 2.32. The van der Waals surface area contributed by atoms with Crippen molar-refractivity contribution >= 4 is 11.8 Å². The predicted molar refractivity (Wildman–Crippen MR) is 106 cm³/mol. The molecule has 5 nitrogen and oxygen atoms in total. The summed E-state index contributed by atoms with van der Waals surface area (Å²) in [5, 5.41) is 3.07. The van der Waals surface area contributed by atoms with Gasteiger partial charge in [0, 0.05) is 31.5 Å². The van der Waals surface area contributed by atoms with E-state index in [4.69, 9.17) is 4.74 Å². The molecule has 1 saturated heterocycles. The Bertz CT molecular complexity index is 632. The fourth-order valence-corrected chi connectivity index (χ4v) is 4.35. The average molecular weight is 373 g/mol. The maximum atomic E-state index is 12.6. The van der Waals surface area contributed by atoms with Gasteiger partial charge in [0.2, 0.25) is 11.8 Å². The molecule has 27 heavy (non-hydrogen) atoms. The molecule has 2 fully saturated rings. The van der Waals surface area contributed by atoms with E-state index in [0.717, 1.165) is 69.3 Å². The lowest BCUT2D eigenvalue weighted by Gasteiger charge is -2.33. The molecular formula is C22H32N2O3. The molecular weight excluding hydrogens is 340 g/mol. The Morgan fingerprint density at radius 3 is 2.41 bits per heavy atom. The smallest absolute Gasteiger partial charge is 0.225 e. The summed E-state index contributed by atoms with van der Waals surface area (Å²) >= 11 is 0. The van der Waals surface area contributed by atoms with Crippen LogP contribution in [-0.4, -0.2) is 43.5 Å². The SMILES string of the molecule is COc1ccccc1CCNC(=O)C1CCC(C(=O)N2CCCCC2)CC1. The highest BCUT2D eigenvalue weighted by molar-refractivity contribution is 5.81. The minimum Gasteiger partial charge on any atom is -0.496 e. The Hall–Kier alpha value is -2.04. The van der Waals surface area contributed by atoms with Crippen molar-refractivity contribution in [3.63, 3.8) is 0 Å². The van der Waals surface area contributed by atoms with Gasteiger partial charge in [0.05, 0.1) is 7.11 Å². The zero-order chi connectivity index (χ0) is 19.1. The van der Waals surface area contributed by atoms with E-state index in [9.17, 15) is 9.59 Å². The molecule has 1 heterocycles. The van der Waals surface area contributed by atoms with Crippen LogP contribution in [0, 0.1) is 11.8 Å². The molecule has 3 rings (SSSR count). The first-order chi connectivity index (χ1) is 13.2. The maximum absolute atomic E-state index is 12.6. The van der Waals surface area contributed by atoms with E-state index >= 15 is 0 Å². The first-order valence-electron chi connectivity index (χ1n) is 10.4. The number of carbonyl (C=O) groups is 2. The third-order valence-electron chi connectivity index (χ3n) is 6.00. The Kier molecular flexibility index (Phi) is 7.13. The molecule has 1 N–H and O–H groups in total. The zero-order valence-electron chi connectivity index (χ0n) is 16.4. The number of carbonyl (C=O) groups excluding carboxylic acids is 2. The first kappa shape index (κ1) is 19.7. The van der Waals surface area contributed by atoms with Crippen LogP contribution in [0.4, 0.5) is 0 Å². The number of hydrogen-bond donors (Lipinski definition) is 1. The van der Waals surface area contributed by atoms with Crippen molar-refractivity contribution in [2.24, 2.45) is 11.8 Å². The van der Waals surface area contributed by atoms with Crippen LogP contribution in [-0.2, 0) is 16.0 Å². The van der Waals surface area contributed by atoms with E-state index in [1.807, 2.05) is 29.2 Å².